The van der Waals surface area contributed by atoms with Crippen molar-refractivity contribution in [1.82, 2.24) is 15.1 Å². The lowest BCUT2D eigenvalue weighted by Crippen LogP contribution is -2.50. The van der Waals surface area contributed by atoms with Crippen molar-refractivity contribution >= 4 is 5.97 Å². The SMILES string of the molecule is CCOC(=O)c1cnn2c1OC(C)[n+]1c(-c3cccc(C)c3OCc3ccc4c(c3)CCNC4)cccc1-2. The molecule has 8 heteroatoms. The molecular weight excluding hydrogens is 480 g/mol. The molecule has 1 unspecified atom stereocenters. The summed E-state index contributed by atoms with van der Waals surface area (Å²) < 4.78 is 21.6. The van der Waals surface area contributed by atoms with Gasteiger partial charge in [0.2, 0.25) is 6.23 Å². The summed E-state index contributed by atoms with van der Waals surface area (Å²) in [4.78, 5) is 12.5. The maximum absolute atomic E-state index is 12.5. The summed E-state index contributed by atoms with van der Waals surface area (Å²) in [5.41, 5.74) is 7.18. The topological polar surface area (TPSA) is 78.5 Å². The first-order valence-corrected chi connectivity index (χ1v) is 13.1. The predicted molar refractivity (Wildman–Crippen MR) is 141 cm³/mol. The van der Waals surface area contributed by atoms with E-state index in [1.54, 1.807) is 11.6 Å². The molecular formula is C30H31N4O4+. The number of hydrogen-bond acceptors (Lipinski definition) is 6. The number of carbonyl (C=O) groups is 1. The number of nitrogens with one attached hydrogen (secondary N) is 1. The maximum atomic E-state index is 12.5. The second-order valence-electron chi connectivity index (χ2n) is 9.62. The number of carbonyl (C=O) groups excluding carboxylic acids is 1. The average molecular weight is 512 g/mol. The molecule has 2 aliphatic rings. The summed E-state index contributed by atoms with van der Waals surface area (Å²) in [5.74, 6) is 1.57. The summed E-state index contributed by atoms with van der Waals surface area (Å²) in [6.07, 6.45) is 2.15. The first kappa shape index (κ1) is 24.2. The van der Waals surface area contributed by atoms with Crippen LogP contribution in [0.2, 0.25) is 0 Å². The number of rotatable bonds is 6. The number of fused-ring (bicyclic) bond motifs is 4. The van der Waals surface area contributed by atoms with Crippen LogP contribution in [-0.4, -0.2) is 28.9 Å². The Morgan fingerprint density at radius 2 is 2.05 bits per heavy atom. The number of esters is 1. The minimum atomic E-state index is -0.446. The number of pyridine rings is 1. The van der Waals surface area contributed by atoms with E-state index in [-0.39, 0.29) is 12.8 Å². The molecule has 0 spiro atoms. The van der Waals surface area contributed by atoms with Crippen molar-refractivity contribution in [2.24, 2.45) is 0 Å². The fraction of sp³-hybridized carbons (Fsp3) is 0.300. The van der Waals surface area contributed by atoms with Gasteiger partial charge in [-0.2, -0.15) is 4.57 Å². The maximum Gasteiger partial charge on any atom is 0.347 e. The lowest BCUT2D eigenvalue weighted by molar-refractivity contribution is -0.740. The van der Waals surface area contributed by atoms with Gasteiger partial charge in [-0.15, -0.1) is 0 Å². The summed E-state index contributed by atoms with van der Waals surface area (Å²) in [7, 11) is 0. The van der Waals surface area contributed by atoms with Crippen molar-refractivity contribution in [3.05, 3.63) is 88.6 Å². The molecule has 2 aromatic carbocycles. The van der Waals surface area contributed by atoms with Crippen LogP contribution in [0.15, 0.2) is 60.8 Å². The zero-order valence-electron chi connectivity index (χ0n) is 21.9. The zero-order chi connectivity index (χ0) is 26.2. The summed E-state index contributed by atoms with van der Waals surface area (Å²) in [6, 6.07) is 18.8. The van der Waals surface area contributed by atoms with Crippen LogP contribution in [0.25, 0.3) is 17.1 Å². The number of benzene rings is 2. The lowest BCUT2D eigenvalue weighted by Gasteiger charge is -2.23. The molecule has 2 aromatic heterocycles. The van der Waals surface area contributed by atoms with Gasteiger partial charge in [-0.05, 0) is 67.3 Å². The Labute approximate surface area is 221 Å². The van der Waals surface area contributed by atoms with Gasteiger partial charge in [0.1, 0.15) is 18.1 Å². The van der Waals surface area contributed by atoms with Gasteiger partial charge in [-0.3, -0.25) is 0 Å². The molecule has 1 N–H and O–H groups in total. The van der Waals surface area contributed by atoms with E-state index in [4.69, 9.17) is 14.2 Å². The number of aromatic nitrogens is 3. The number of hydrogen-bond donors (Lipinski definition) is 1. The molecule has 194 valence electrons. The van der Waals surface area contributed by atoms with Crippen LogP contribution in [0.4, 0.5) is 0 Å². The molecule has 0 fully saturated rings. The largest absolute Gasteiger partial charge is 0.488 e. The third-order valence-electron chi connectivity index (χ3n) is 7.12. The predicted octanol–water partition coefficient (Wildman–Crippen LogP) is 4.45. The number of ether oxygens (including phenoxy) is 3. The second-order valence-corrected chi connectivity index (χ2v) is 9.62. The zero-order valence-corrected chi connectivity index (χ0v) is 21.9. The number of nitrogens with zero attached hydrogens (tertiary/aromatic N) is 3. The lowest BCUT2D eigenvalue weighted by atomic mass is 9.99. The molecule has 0 radical (unpaired) electrons. The number of aryl methyl sites for hydroxylation is 1. The number of para-hydroxylation sites is 1. The van der Waals surface area contributed by atoms with Crippen LogP contribution in [0, 0.1) is 6.92 Å². The van der Waals surface area contributed by atoms with Crippen LogP contribution in [-0.2, 0) is 24.3 Å². The third-order valence-corrected chi connectivity index (χ3v) is 7.12. The molecule has 0 amide bonds. The van der Waals surface area contributed by atoms with E-state index in [0.29, 0.717) is 18.1 Å². The van der Waals surface area contributed by atoms with Gasteiger partial charge < -0.3 is 19.5 Å². The van der Waals surface area contributed by atoms with E-state index in [1.807, 2.05) is 25.1 Å². The highest BCUT2D eigenvalue weighted by Gasteiger charge is 2.38. The Kier molecular flexibility index (Phi) is 6.33. The van der Waals surface area contributed by atoms with Gasteiger partial charge in [0, 0.05) is 19.5 Å². The Bertz CT molecular complexity index is 1530. The van der Waals surface area contributed by atoms with Crippen molar-refractivity contribution in [2.75, 3.05) is 13.2 Å². The smallest absolute Gasteiger partial charge is 0.347 e. The standard InChI is InChI=1S/C30H31N4O4/c1-4-36-30(35)25-17-32-34-27-10-6-9-26(33(27)20(3)38-29(25)34)24-8-5-7-19(2)28(24)37-18-21-11-12-23-16-31-14-13-22(23)15-21/h5-12,15,17,20,31H,4,13-14,16,18H2,1-3H3/q+1. The molecule has 0 aliphatic carbocycles. The first-order valence-electron chi connectivity index (χ1n) is 13.1. The average Bonchev–Trinajstić information content (AvgIpc) is 3.36. The monoisotopic (exact) mass is 511 g/mol. The highest BCUT2D eigenvalue weighted by atomic mass is 16.5. The van der Waals surface area contributed by atoms with E-state index in [2.05, 4.69) is 58.3 Å². The van der Waals surface area contributed by atoms with Crippen LogP contribution in [0.1, 0.15) is 52.7 Å². The Morgan fingerprint density at radius 1 is 1.18 bits per heavy atom. The van der Waals surface area contributed by atoms with E-state index >= 15 is 0 Å². The van der Waals surface area contributed by atoms with Crippen molar-refractivity contribution in [1.29, 1.82) is 0 Å². The van der Waals surface area contributed by atoms with Crippen molar-refractivity contribution in [3.8, 4) is 28.7 Å². The molecule has 38 heavy (non-hydrogen) atoms. The molecule has 2 aliphatic heterocycles. The Balaban J connectivity index is 1.37. The van der Waals surface area contributed by atoms with Gasteiger partial charge in [-0.25, -0.2) is 4.79 Å². The Hall–Kier alpha value is -4.17. The van der Waals surface area contributed by atoms with Crippen LogP contribution in [0.3, 0.4) is 0 Å². The summed E-state index contributed by atoms with van der Waals surface area (Å²) >= 11 is 0. The fourth-order valence-corrected chi connectivity index (χ4v) is 5.28. The highest BCUT2D eigenvalue weighted by Crippen LogP contribution is 2.35. The van der Waals surface area contributed by atoms with E-state index in [0.717, 1.165) is 53.5 Å². The molecule has 0 saturated heterocycles. The second kappa shape index (κ2) is 9.95. The van der Waals surface area contributed by atoms with Gasteiger partial charge in [0.15, 0.2) is 5.56 Å². The van der Waals surface area contributed by atoms with Gasteiger partial charge in [-0.1, -0.05) is 40.1 Å². The summed E-state index contributed by atoms with van der Waals surface area (Å²) in [5, 5.41) is 7.88. The van der Waals surface area contributed by atoms with Crippen LogP contribution < -0.4 is 19.4 Å². The van der Waals surface area contributed by atoms with Gasteiger partial charge in [0.05, 0.1) is 18.4 Å². The minimum absolute atomic E-state index is 0.285. The van der Waals surface area contributed by atoms with Crippen molar-refractivity contribution in [2.45, 2.75) is 46.6 Å². The molecule has 0 bridgehead atoms. The van der Waals surface area contributed by atoms with Crippen LogP contribution >= 0.6 is 0 Å². The van der Waals surface area contributed by atoms with Gasteiger partial charge in [0.25, 0.3) is 0 Å². The fourth-order valence-electron chi connectivity index (χ4n) is 5.28. The normalized spacial score (nSPS) is 15.6. The molecule has 0 saturated carbocycles. The molecule has 4 heterocycles. The molecule has 6 rings (SSSR count). The molecule has 4 aromatic rings. The Morgan fingerprint density at radius 3 is 2.92 bits per heavy atom. The van der Waals surface area contributed by atoms with E-state index in [9.17, 15) is 4.79 Å². The highest BCUT2D eigenvalue weighted by molar-refractivity contribution is 5.92. The van der Waals surface area contributed by atoms with Crippen LogP contribution in [0.5, 0.6) is 11.6 Å². The van der Waals surface area contributed by atoms with E-state index < -0.39 is 5.97 Å². The molecule has 1 atom stereocenters. The minimum Gasteiger partial charge on any atom is -0.488 e. The quantitative estimate of drug-likeness (QED) is 0.305. The van der Waals surface area contributed by atoms with Crippen molar-refractivity contribution in [3.63, 3.8) is 0 Å². The summed E-state index contributed by atoms with van der Waals surface area (Å²) in [6.45, 7) is 8.50. The molecule has 8 nitrogen and oxygen atoms in total. The third kappa shape index (κ3) is 4.20. The van der Waals surface area contributed by atoms with E-state index in [1.165, 1.54) is 17.3 Å². The van der Waals surface area contributed by atoms with Gasteiger partial charge >= 0.3 is 17.7 Å². The van der Waals surface area contributed by atoms with Crippen molar-refractivity contribution < 1.29 is 23.6 Å². The first-order chi connectivity index (χ1) is 18.5.